The van der Waals surface area contributed by atoms with Gasteiger partial charge in [-0.25, -0.2) is 0 Å². The Kier molecular flexibility index (Phi) is 26.8. The summed E-state index contributed by atoms with van der Waals surface area (Å²) < 4.78 is 0. The van der Waals surface area contributed by atoms with Crippen molar-refractivity contribution < 1.29 is 0 Å². The molecule has 0 spiro atoms. The Hall–Kier alpha value is -2.94. The van der Waals surface area contributed by atoms with Crippen molar-refractivity contribution in [2.45, 2.75) is 108 Å². The van der Waals surface area contributed by atoms with Crippen LogP contribution in [0.5, 0.6) is 0 Å². The first-order valence-electron chi connectivity index (χ1n) is 14.5. The van der Waals surface area contributed by atoms with Crippen LogP contribution in [-0.2, 0) is 0 Å². The fourth-order valence-electron chi connectivity index (χ4n) is 3.36. The highest BCUT2D eigenvalue weighted by Crippen LogP contribution is 2.21. The molecular weight excluding hydrogens is 462 g/mol. The number of nitrogens with one attached hydrogen (secondary N) is 3. The van der Waals surface area contributed by atoms with Gasteiger partial charge in [-0.3, -0.25) is 0 Å². The number of allylic oxidation sites excluding steroid dienone is 11. The molecule has 0 aromatic rings. The molecule has 0 aliphatic carbocycles. The minimum absolute atomic E-state index is 0.888. The standard InChI is InChI=1S/C17H27N.C13H20N2.C3H8.C2H6/c1-7-11-14(5)18-15(6)12-13-17(10-4)16(8-2)9-3;1-6-11-8-12(14-5)13(7-9(2)3)15-10(11)4;1-3-2;1-2/h8,10,12-13,18H,5-7,9,11H2,1-4H3;7-8,14-15H,4,6H2,1-3,5H3;3H2,1-2H3;1-2H3/b13-12-,16-8+,17-10+;;;. The van der Waals surface area contributed by atoms with Crippen molar-refractivity contribution in [1.82, 2.24) is 16.0 Å². The SMILES string of the molecule is C=C(\C=C/C(=C\C)C(=C/C)/CC)NC(=C)CCC.C=C1NC(C=C(C)C)=C(NC)C=C1CC.CC.CCC. The van der Waals surface area contributed by atoms with Crippen molar-refractivity contribution in [3.63, 3.8) is 0 Å². The van der Waals surface area contributed by atoms with E-state index in [1.807, 2.05) is 27.0 Å². The first-order chi connectivity index (χ1) is 18.1. The molecule has 3 N–H and O–H groups in total. The second-order valence-electron chi connectivity index (χ2n) is 8.88. The van der Waals surface area contributed by atoms with E-state index in [1.165, 1.54) is 28.7 Å². The average molecular weight is 524 g/mol. The molecule has 0 aromatic carbocycles. The van der Waals surface area contributed by atoms with Gasteiger partial charge in [-0.05, 0) is 81.9 Å². The smallest absolute Gasteiger partial charge is 0.0619 e. The van der Waals surface area contributed by atoms with Crippen molar-refractivity contribution in [2.24, 2.45) is 0 Å². The maximum absolute atomic E-state index is 4.02. The van der Waals surface area contributed by atoms with Gasteiger partial charge in [0.2, 0.25) is 0 Å². The van der Waals surface area contributed by atoms with E-state index in [1.54, 1.807) is 0 Å². The Morgan fingerprint density at radius 3 is 1.95 bits per heavy atom. The van der Waals surface area contributed by atoms with Crippen LogP contribution in [0.1, 0.15) is 108 Å². The van der Waals surface area contributed by atoms with Gasteiger partial charge in [0.1, 0.15) is 0 Å². The minimum Gasteiger partial charge on any atom is -0.386 e. The van der Waals surface area contributed by atoms with Crippen molar-refractivity contribution in [3.05, 3.63) is 107 Å². The molecule has 0 amide bonds. The van der Waals surface area contributed by atoms with E-state index in [0.29, 0.717) is 0 Å². The first kappa shape index (κ1) is 39.6. The summed E-state index contributed by atoms with van der Waals surface area (Å²) in [6, 6.07) is 0. The Labute approximate surface area is 238 Å². The third-order valence-corrected chi connectivity index (χ3v) is 5.13. The predicted molar refractivity (Wildman–Crippen MR) is 177 cm³/mol. The van der Waals surface area contributed by atoms with Crippen LogP contribution in [0.15, 0.2) is 107 Å². The highest BCUT2D eigenvalue weighted by Gasteiger charge is 2.12. The van der Waals surface area contributed by atoms with Gasteiger partial charge in [0.15, 0.2) is 0 Å². The van der Waals surface area contributed by atoms with E-state index in [0.717, 1.165) is 54.2 Å². The van der Waals surface area contributed by atoms with E-state index in [-0.39, 0.29) is 0 Å². The van der Waals surface area contributed by atoms with Crippen LogP contribution in [0.2, 0.25) is 0 Å². The Morgan fingerprint density at radius 1 is 0.974 bits per heavy atom. The molecule has 1 rings (SSSR count). The lowest BCUT2D eigenvalue weighted by molar-refractivity contribution is 0.830. The number of dihydropyridines is 1. The van der Waals surface area contributed by atoms with Crippen molar-refractivity contribution in [1.29, 1.82) is 0 Å². The summed E-state index contributed by atoms with van der Waals surface area (Å²) in [4.78, 5) is 0. The van der Waals surface area contributed by atoms with Crippen LogP contribution in [0.4, 0.5) is 0 Å². The van der Waals surface area contributed by atoms with Crippen LogP contribution >= 0.6 is 0 Å². The van der Waals surface area contributed by atoms with Gasteiger partial charge < -0.3 is 16.0 Å². The molecule has 0 saturated carbocycles. The van der Waals surface area contributed by atoms with Crippen LogP contribution in [0.3, 0.4) is 0 Å². The van der Waals surface area contributed by atoms with Crippen LogP contribution in [-0.4, -0.2) is 7.05 Å². The van der Waals surface area contributed by atoms with Crippen LogP contribution in [0, 0.1) is 0 Å². The number of hydrogen-bond acceptors (Lipinski definition) is 3. The molecule has 0 unspecified atom stereocenters. The highest BCUT2D eigenvalue weighted by atomic mass is 15.0. The summed E-state index contributed by atoms with van der Waals surface area (Å²) in [6.45, 7) is 35.0. The van der Waals surface area contributed by atoms with Gasteiger partial charge in [0.05, 0.1) is 11.4 Å². The number of likely N-dealkylation sites (N-methyl/N-ethyl adjacent to an activating group) is 1. The molecule has 1 aliphatic heterocycles. The monoisotopic (exact) mass is 523 g/mol. The number of rotatable bonds is 11. The Morgan fingerprint density at radius 2 is 1.55 bits per heavy atom. The summed E-state index contributed by atoms with van der Waals surface area (Å²) in [5.74, 6) is 0. The lowest BCUT2D eigenvalue weighted by Crippen LogP contribution is -2.23. The zero-order chi connectivity index (χ0) is 30.1. The maximum Gasteiger partial charge on any atom is 0.0619 e. The molecule has 0 saturated heterocycles. The van der Waals surface area contributed by atoms with Gasteiger partial charge >= 0.3 is 0 Å². The third-order valence-electron chi connectivity index (χ3n) is 5.13. The second-order valence-corrected chi connectivity index (χ2v) is 8.88. The fourth-order valence-corrected chi connectivity index (χ4v) is 3.36. The molecule has 0 bridgehead atoms. The molecule has 0 fully saturated rings. The molecule has 1 heterocycles. The van der Waals surface area contributed by atoms with E-state index >= 15 is 0 Å². The topological polar surface area (TPSA) is 36.1 Å². The normalized spacial score (nSPS) is 12.9. The van der Waals surface area contributed by atoms with E-state index in [9.17, 15) is 0 Å². The highest BCUT2D eigenvalue weighted by molar-refractivity contribution is 5.46. The molecule has 3 heteroatoms. The lowest BCUT2D eigenvalue weighted by atomic mass is 10.0. The zero-order valence-corrected chi connectivity index (χ0v) is 27.1. The first-order valence-corrected chi connectivity index (χ1v) is 14.5. The lowest BCUT2D eigenvalue weighted by Gasteiger charge is -2.22. The molecule has 0 atom stereocenters. The van der Waals surface area contributed by atoms with Gasteiger partial charge in [-0.1, -0.05) is 105 Å². The summed E-state index contributed by atoms with van der Waals surface area (Å²) in [5.41, 5.74) is 10.3. The second kappa shape index (κ2) is 25.7. The molecule has 0 aromatic heterocycles. The maximum atomic E-state index is 4.02. The van der Waals surface area contributed by atoms with E-state index in [2.05, 4.69) is 128 Å². The summed E-state index contributed by atoms with van der Waals surface area (Å²) in [7, 11) is 1.94. The van der Waals surface area contributed by atoms with Gasteiger partial charge in [-0.15, -0.1) is 0 Å². The van der Waals surface area contributed by atoms with Gasteiger partial charge in [-0.2, -0.15) is 0 Å². The Bertz CT molecular complexity index is 882. The quantitative estimate of drug-likeness (QED) is 0.236. The van der Waals surface area contributed by atoms with E-state index in [4.69, 9.17) is 0 Å². The minimum atomic E-state index is 0.888. The largest absolute Gasteiger partial charge is 0.386 e. The molecule has 0 radical (unpaired) electrons. The van der Waals surface area contributed by atoms with Crippen molar-refractivity contribution >= 4 is 0 Å². The van der Waals surface area contributed by atoms with E-state index < -0.39 is 0 Å². The van der Waals surface area contributed by atoms with Gasteiger partial charge in [0, 0.05) is 24.1 Å². The zero-order valence-electron chi connectivity index (χ0n) is 27.1. The molecule has 1 aliphatic rings. The molecule has 3 nitrogen and oxygen atoms in total. The van der Waals surface area contributed by atoms with Crippen LogP contribution in [0.25, 0.3) is 0 Å². The van der Waals surface area contributed by atoms with Crippen molar-refractivity contribution in [3.8, 4) is 0 Å². The van der Waals surface area contributed by atoms with Gasteiger partial charge in [0.25, 0.3) is 0 Å². The summed E-state index contributed by atoms with van der Waals surface area (Å²) in [6.07, 6.45) is 18.1. The van der Waals surface area contributed by atoms with Crippen LogP contribution < -0.4 is 16.0 Å². The third kappa shape index (κ3) is 18.3. The fraction of sp³-hybridized carbons (Fsp3) is 0.486. The van der Waals surface area contributed by atoms with Crippen molar-refractivity contribution in [2.75, 3.05) is 7.05 Å². The summed E-state index contributed by atoms with van der Waals surface area (Å²) >= 11 is 0. The Balaban J connectivity index is -0.000000555. The average Bonchev–Trinajstić information content (AvgIpc) is 2.88. The molecule has 38 heavy (non-hydrogen) atoms. The number of hydrogen-bond donors (Lipinski definition) is 3. The summed E-state index contributed by atoms with van der Waals surface area (Å²) in [5, 5.41) is 9.74. The molecular formula is C35H61N3. The predicted octanol–water partition coefficient (Wildman–Crippen LogP) is 10.5. The molecule has 216 valence electrons.